The SMILES string of the molecule is CNC(=S)NNC(=O)C1CCCN(S(C)(=O)=O)C1. The lowest BCUT2D eigenvalue weighted by atomic mass is 9.99. The number of amides is 1. The molecule has 18 heavy (non-hydrogen) atoms. The van der Waals surface area contributed by atoms with Crippen molar-refractivity contribution in [3.05, 3.63) is 0 Å². The number of thiocarbonyl (C=S) groups is 1. The minimum atomic E-state index is -3.23. The molecule has 0 aromatic rings. The first kappa shape index (κ1) is 15.1. The predicted octanol–water partition coefficient (Wildman–Crippen LogP) is -1.22. The topological polar surface area (TPSA) is 90.5 Å². The van der Waals surface area contributed by atoms with Gasteiger partial charge in [-0.25, -0.2) is 12.7 Å². The number of hydrazine groups is 1. The summed E-state index contributed by atoms with van der Waals surface area (Å²) in [7, 11) is -1.60. The number of carbonyl (C=O) groups excluding carboxylic acids is 1. The molecule has 1 aliphatic rings. The van der Waals surface area contributed by atoms with Crippen LogP contribution >= 0.6 is 12.2 Å². The fourth-order valence-electron chi connectivity index (χ4n) is 1.74. The van der Waals surface area contributed by atoms with Crippen LogP contribution < -0.4 is 16.2 Å². The third kappa shape index (κ3) is 4.39. The molecule has 3 N–H and O–H groups in total. The first-order valence-electron chi connectivity index (χ1n) is 5.57. The van der Waals surface area contributed by atoms with Crippen LogP contribution in [0, 0.1) is 5.92 Å². The molecule has 1 atom stereocenters. The number of nitrogens with zero attached hydrogens (tertiary/aromatic N) is 1. The Labute approximate surface area is 112 Å². The normalized spacial score (nSPS) is 21.1. The van der Waals surface area contributed by atoms with Crippen molar-refractivity contribution < 1.29 is 13.2 Å². The standard InChI is InChI=1S/C9H18N4O3S2/c1-10-9(17)12-11-8(14)7-4-3-5-13(6-7)18(2,15)16/h7H,3-6H2,1-2H3,(H,11,14)(H2,10,12,17). The number of carbonyl (C=O) groups is 1. The minimum Gasteiger partial charge on any atom is -0.364 e. The van der Waals surface area contributed by atoms with E-state index in [-0.39, 0.29) is 18.4 Å². The van der Waals surface area contributed by atoms with E-state index in [1.54, 1.807) is 7.05 Å². The Bertz CT molecular complexity index is 424. The zero-order valence-electron chi connectivity index (χ0n) is 10.4. The quantitative estimate of drug-likeness (QED) is 0.437. The molecule has 0 aromatic heterocycles. The van der Waals surface area contributed by atoms with Crippen LogP contribution in [0.25, 0.3) is 0 Å². The lowest BCUT2D eigenvalue weighted by Gasteiger charge is -2.30. The maximum atomic E-state index is 11.8. The van der Waals surface area contributed by atoms with E-state index in [0.29, 0.717) is 24.5 Å². The Kier molecular flexibility index (Phi) is 5.29. The average molecular weight is 294 g/mol. The van der Waals surface area contributed by atoms with Gasteiger partial charge >= 0.3 is 0 Å². The Morgan fingerprint density at radius 3 is 2.61 bits per heavy atom. The smallest absolute Gasteiger partial charge is 0.242 e. The fraction of sp³-hybridized carbons (Fsp3) is 0.778. The molecule has 9 heteroatoms. The van der Waals surface area contributed by atoms with Crippen molar-refractivity contribution in [2.24, 2.45) is 5.92 Å². The highest BCUT2D eigenvalue weighted by molar-refractivity contribution is 7.88. The van der Waals surface area contributed by atoms with Crippen molar-refractivity contribution in [3.8, 4) is 0 Å². The first-order chi connectivity index (χ1) is 8.34. The molecular formula is C9H18N4O3S2. The predicted molar refractivity (Wildman–Crippen MR) is 72.1 cm³/mol. The number of nitrogens with one attached hydrogen (secondary N) is 3. The van der Waals surface area contributed by atoms with Gasteiger partial charge in [-0.15, -0.1) is 0 Å². The molecule has 0 bridgehead atoms. The van der Waals surface area contributed by atoms with Gasteiger partial charge in [0.15, 0.2) is 5.11 Å². The third-order valence-electron chi connectivity index (χ3n) is 2.75. The van der Waals surface area contributed by atoms with Crippen molar-refractivity contribution in [2.45, 2.75) is 12.8 Å². The van der Waals surface area contributed by atoms with Gasteiger partial charge in [0.25, 0.3) is 0 Å². The second-order valence-corrected chi connectivity index (χ2v) is 6.54. The monoisotopic (exact) mass is 294 g/mol. The van der Waals surface area contributed by atoms with Crippen molar-refractivity contribution in [1.82, 2.24) is 20.5 Å². The maximum absolute atomic E-state index is 11.8. The summed E-state index contributed by atoms with van der Waals surface area (Å²) in [4.78, 5) is 11.8. The number of hydrogen-bond donors (Lipinski definition) is 3. The van der Waals surface area contributed by atoms with E-state index in [0.717, 1.165) is 6.26 Å². The van der Waals surface area contributed by atoms with Crippen LogP contribution in [0.2, 0.25) is 0 Å². The second-order valence-electron chi connectivity index (χ2n) is 4.15. The van der Waals surface area contributed by atoms with Gasteiger partial charge in [-0.3, -0.25) is 15.6 Å². The van der Waals surface area contributed by atoms with E-state index in [1.165, 1.54) is 4.31 Å². The largest absolute Gasteiger partial charge is 0.364 e. The lowest BCUT2D eigenvalue weighted by Crippen LogP contribution is -2.51. The Balaban J connectivity index is 2.51. The van der Waals surface area contributed by atoms with Gasteiger partial charge < -0.3 is 5.32 Å². The van der Waals surface area contributed by atoms with Crippen LogP contribution in [0.5, 0.6) is 0 Å². The van der Waals surface area contributed by atoms with E-state index in [1.807, 2.05) is 0 Å². The third-order valence-corrected chi connectivity index (χ3v) is 4.33. The first-order valence-corrected chi connectivity index (χ1v) is 7.83. The van der Waals surface area contributed by atoms with Gasteiger partial charge in [0.2, 0.25) is 15.9 Å². The van der Waals surface area contributed by atoms with Crippen LogP contribution in [0.1, 0.15) is 12.8 Å². The zero-order chi connectivity index (χ0) is 13.8. The molecule has 104 valence electrons. The molecule has 1 heterocycles. The summed E-state index contributed by atoms with van der Waals surface area (Å²) in [5, 5.41) is 2.96. The van der Waals surface area contributed by atoms with Gasteiger partial charge in [-0.05, 0) is 25.1 Å². The summed E-state index contributed by atoms with van der Waals surface area (Å²) < 4.78 is 24.2. The van der Waals surface area contributed by atoms with Crippen molar-refractivity contribution in [3.63, 3.8) is 0 Å². The number of rotatable bonds is 2. The van der Waals surface area contributed by atoms with Gasteiger partial charge in [-0.2, -0.15) is 0 Å². The van der Waals surface area contributed by atoms with Gasteiger partial charge in [0, 0.05) is 20.1 Å². The molecule has 1 saturated heterocycles. The van der Waals surface area contributed by atoms with Crippen LogP contribution in [-0.4, -0.2) is 50.1 Å². The average Bonchev–Trinajstić information content (AvgIpc) is 2.34. The van der Waals surface area contributed by atoms with E-state index in [4.69, 9.17) is 12.2 Å². The van der Waals surface area contributed by atoms with Gasteiger partial charge in [0.1, 0.15) is 0 Å². The summed E-state index contributed by atoms with van der Waals surface area (Å²) in [5.74, 6) is -0.596. The molecule has 0 aromatic carbocycles. The summed E-state index contributed by atoms with van der Waals surface area (Å²) >= 11 is 4.81. The highest BCUT2D eigenvalue weighted by Crippen LogP contribution is 2.18. The number of sulfonamides is 1. The summed E-state index contributed by atoms with van der Waals surface area (Å²) in [6.07, 6.45) is 2.51. The van der Waals surface area contributed by atoms with E-state index in [2.05, 4.69) is 16.2 Å². The highest BCUT2D eigenvalue weighted by Gasteiger charge is 2.30. The summed E-state index contributed by atoms with van der Waals surface area (Å²) in [6.45, 7) is 0.698. The Hall–Kier alpha value is -0.930. The summed E-state index contributed by atoms with van der Waals surface area (Å²) in [6, 6.07) is 0. The molecular weight excluding hydrogens is 276 g/mol. The molecule has 0 radical (unpaired) electrons. The maximum Gasteiger partial charge on any atom is 0.242 e. The molecule has 0 saturated carbocycles. The highest BCUT2D eigenvalue weighted by atomic mass is 32.2. The molecule has 0 aliphatic carbocycles. The van der Waals surface area contributed by atoms with E-state index < -0.39 is 10.0 Å². The van der Waals surface area contributed by atoms with Crippen LogP contribution in [0.3, 0.4) is 0 Å². The molecule has 1 amide bonds. The Morgan fingerprint density at radius 1 is 1.39 bits per heavy atom. The molecule has 1 aliphatic heterocycles. The van der Waals surface area contributed by atoms with Gasteiger partial charge in [0.05, 0.1) is 12.2 Å². The molecule has 1 rings (SSSR count). The molecule has 0 spiro atoms. The lowest BCUT2D eigenvalue weighted by molar-refractivity contribution is -0.126. The Morgan fingerprint density at radius 2 is 2.06 bits per heavy atom. The van der Waals surface area contributed by atoms with Crippen molar-refractivity contribution >= 4 is 33.3 Å². The zero-order valence-corrected chi connectivity index (χ0v) is 12.0. The number of hydrogen-bond acceptors (Lipinski definition) is 4. The van der Waals surface area contributed by atoms with E-state index >= 15 is 0 Å². The molecule has 1 fully saturated rings. The summed E-state index contributed by atoms with van der Waals surface area (Å²) in [5.41, 5.74) is 5.00. The van der Waals surface area contributed by atoms with Gasteiger partial charge in [-0.1, -0.05) is 0 Å². The fourth-order valence-corrected chi connectivity index (χ4v) is 2.70. The van der Waals surface area contributed by atoms with Crippen molar-refractivity contribution in [1.29, 1.82) is 0 Å². The van der Waals surface area contributed by atoms with Crippen LogP contribution in [0.4, 0.5) is 0 Å². The number of piperidine rings is 1. The minimum absolute atomic E-state index is 0.221. The van der Waals surface area contributed by atoms with Crippen molar-refractivity contribution in [2.75, 3.05) is 26.4 Å². The van der Waals surface area contributed by atoms with Crippen LogP contribution in [-0.2, 0) is 14.8 Å². The molecule has 1 unspecified atom stereocenters. The van der Waals surface area contributed by atoms with E-state index in [9.17, 15) is 13.2 Å². The molecule has 7 nitrogen and oxygen atoms in total. The second kappa shape index (κ2) is 6.30. The van der Waals surface area contributed by atoms with Crippen LogP contribution in [0.15, 0.2) is 0 Å².